The summed E-state index contributed by atoms with van der Waals surface area (Å²) in [4.78, 5) is 24.2. The third kappa shape index (κ3) is 6.73. The Balaban J connectivity index is 1.62. The molecule has 0 aromatic heterocycles. The van der Waals surface area contributed by atoms with E-state index in [1.165, 1.54) is 6.92 Å². The smallest absolute Gasteiger partial charge is 0.261 e. The summed E-state index contributed by atoms with van der Waals surface area (Å²) in [6.07, 6.45) is 0.730. The largest absolute Gasteiger partial charge is 0.492 e. The van der Waals surface area contributed by atoms with Crippen molar-refractivity contribution in [2.45, 2.75) is 13.3 Å². The van der Waals surface area contributed by atoms with Gasteiger partial charge in [-0.25, -0.2) is 0 Å². The van der Waals surface area contributed by atoms with Gasteiger partial charge in [-0.15, -0.1) is 0 Å². The lowest BCUT2D eigenvalue weighted by atomic mass is 10.1. The van der Waals surface area contributed by atoms with Gasteiger partial charge in [0.2, 0.25) is 0 Å². The Hall–Kier alpha value is -3.03. The number of rotatable bonds is 7. The van der Waals surface area contributed by atoms with Crippen molar-refractivity contribution in [3.8, 4) is 5.75 Å². The van der Waals surface area contributed by atoms with Crippen LogP contribution in [0.4, 0.5) is 5.69 Å². The molecule has 0 fully saturated rings. The fourth-order valence-electron chi connectivity index (χ4n) is 2.85. The minimum Gasteiger partial charge on any atom is -0.492 e. The van der Waals surface area contributed by atoms with Crippen molar-refractivity contribution in [2.75, 3.05) is 11.9 Å². The average molecular weight is 497 g/mol. The highest BCUT2D eigenvalue weighted by atomic mass is 79.9. The van der Waals surface area contributed by atoms with Gasteiger partial charge in [0.1, 0.15) is 5.75 Å². The van der Waals surface area contributed by atoms with Crippen LogP contribution >= 0.6 is 28.1 Å². The third-order valence-electron chi connectivity index (χ3n) is 4.45. The SMILES string of the molecule is CC(=O)c1ccc(NC(=S)NC(=O)c2cc(Br)ccc2OCCc2ccccc2)cc1. The summed E-state index contributed by atoms with van der Waals surface area (Å²) in [5.74, 6) is 0.0796. The van der Waals surface area contributed by atoms with E-state index in [-0.39, 0.29) is 16.8 Å². The number of amides is 1. The first-order chi connectivity index (χ1) is 14.9. The summed E-state index contributed by atoms with van der Waals surface area (Å²) < 4.78 is 6.63. The van der Waals surface area contributed by atoms with Crippen LogP contribution in [-0.2, 0) is 6.42 Å². The lowest BCUT2D eigenvalue weighted by molar-refractivity contribution is 0.0972. The van der Waals surface area contributed by atoms with E-state index < -0.39 is 0 Å². The number of ether oxygens (including phenoxy) is 1. The number of halogens is 1. The molecule has 0 aliphatic rings. The molecule has 0 heterocycles. The lowest BCUT2D eigenvalue weighted by Crippen LogP contribution is -2.34. The Morgan fingerprint density at radius 2 is 1.71 bits per heavy atom. The van der Waals surface area contributed by atoms with Crippen LogP contribution in [0.3, 0.4) is 0 Å². The molecular weight excluding hydrogens is 476 g/mol. The predicted octanol–water partition coefficient (Wildman–Crippen LogP) is 5.40. The van der Waals surface area contributed by atoms with Crippen LogP contribution in [0.15, 0.2) is 77.3 Å². The molecule has 2 N–H and O–H groups in total. The maximum absolute atomic E-state index is 12.8. The van der Waals surface area contributed by atoms with Crippen LogP contribution < -0.4 is 15.4 Å². The maximum atomic E-state index is 12.8. The zero-order valence-corrected chi connectivity index (χ0v) is 19.3. The molecule has 0 saturated carbocycles. The molecule has 158 valence electrons. The molecule has 7 heteroatoms. The molecule has 0 saturated heterocycles. The van der Waals surface area contributed by atoms with E-state index in [0.717, 1.165) is 16.5 Å². The van der Waals surface area contributed by atoms with Crippen LogP contribution in [0.5, 0.6) is 5.75 Å². The molecular formula is C24H21BrN2O3S. The van der Waals surface area contributed by atoms with Crippen LogP contribution in [0.1, 0.15) is 33.2 Å². The van der Waals surface area contributed by atoms with Gasteiger partial charge in [-0.1, -0.05) is 46.3 Å². The molecule has 3 aromatic carbocycles. The van der Waals surface area contributed by atoms with Gasteiger partial charge in [-0.2, -0.15) is 0 Å². The molecule has 0 unspecified atom stereocenters. The highest BCUT2D eigenvalue weighted by Gasteiger charge is 2.15. The van der Waals surface area contributed by atoms with E-state index in [1.54, 1.807) is 36.4 Å². The van der Waals surface area contributed by atoms with Gasteiger partial charge in [0.05, 0.1) is 12.2 Å². The van der Waals surface area contributed by atoms with Gasteiger partial charge in [-0.05, 0) is 67.2 Å². The predicted molar refractivity (Wildman–Crippen MR) is 130 cm³/mol. The topological polar surface area (TPSA) is 67.4 Å². The minimum absolute atomic E-state index is 0.0168. The quantitative estimate of drug-likeness (QED) is 0.338. The standard InChI is InChI=1S/C24H21BrN2O3S/c1-16(28)18-7-10-20(11-8-18)26-24(31)27-23(29)21-15-19(25)9-12-22(21)30-14-13-17-5-3-2-4-6-17/h2-12,15H,13-14H2,1H3,(H2,26,27,29,31). The molecule has 0 aliphatic carbocycles. The van der Waals surface area contributed by atoms with Crippen molar-refractivity contribution in [1.82, 2.24) is 5.32 Å². The number of Topliss-reactive ketones (excluding diaryl/α,β-unsaturated/α-hetero) is 1. The van der Waals surface area contributed by atoms with Gasteiger partial charge < -0.3 is 10.1 Å². The van der Waals surface area contributed by atoms with E-state index in [0.29, 0.717) is 29.2 Å². The number of anilines is 1. The number of thiocarbonyl (C=S) groups is 1. The van der Waals surface area contributed by atoms with Gasteiger partial charge in [0.25, 0.3) is 5.91 Å². The Kier molecular flexibility index (Phi) is 7.92. The van der Waals surface area contributed by atoms with Crippen LogP contribution in [0.2, 0.25) is 0 Å². The van der Waals surface area contributed by atoms with Crippen molar-refractivity contribution in [2.24, 2.45) is 0 Å². The normalized spacial score (nSPS) is 10.3. The zero-order chi connectivity index (χ0) is 22.2. The van der Waals surface area contributed by atoms with Crippen LogP contribution in [-0.4, -0.2) is 23.4 Å². The monoisotopic (exact) mass is 496 g/mol. The molecule has 0 bridgehead atoms. The fourth-order valence-corrected chi connectivity index (χ4v) is 3.42. The summed E-state index contributed by atoms with van der Waals surface area (Å²) >= 11 is 8.66. The minimum atomic E-state index is -0.381. The van der Waals surface area contributed by atoms with E-state index in [2.05, 4.69) is 26.6 Å². The van der Waals surface area contributed by atoms with Crippen molar-refractivity contribution in [3.05, 3.63) is 94.0 Å². The molecule has 31 heavy (non-hydrogen) atoms. The summed E-state index contributed by atoms with van der Waals surface area (Å²) in [6, 6.07) is 22.1. The highest BCUT2D eigenvalue weighted by molar-refractivity contribution is 9.10. The third-order valence-corrected chi connectivity index (χ3v) is 5.15. The van der Waals surface area contributed by atoms with Crippen molar-refractivity contribution in [3.63, 3.8) is 0 Å². The number of carbonyl (C=O) groups is 2. The first-order valence-electron chi connectivity index (χ1n) is 9.62. The average Bonchev–Trinajstić information content (AvgIpc) is 2.75. The Morgan fingerprint density at radius 3 is 2.39 bits per heavy atom. The molecule has 0 atom stereocenters. The van der Waals surface area contributed by atoms with E-state index in [4.69, 9.17) is 17.0 Å². The molecule has 5 nitrogen and oxygen atoms in total. The van der Waals surface area contributed by atoms with Gasteiger partial charge in [0.15, 0.2) is 10.9 Å². The second-order valence-electron chi connectivity index (χ2n) is 6.77. The fraction of sp³-hybridized carbons (Fsp3) is 0.125. The molecule has 3 rings (SSSR count). The number of benzene rings is 3. The zero-order valence-electron chi connectivity index (χ0n) is 16.9. The van der Waals surface area contributed by atoms with Gasteiger partial charge >= 0.3 is 0 Å². The first kappa shape index (κ1) is 22.7. The molecule has 0 aliphatic heterocycles. The molecule has 0 spiro atoms. The van der Waals surface area contributed by atoms with E-state index >= 15 is 0 Å². The Morgan fingerprint density at radius 1 is 1.00 bits per heavy atom. The van der Waals surface area contributed by atoms with Crippen LogP contribution in [0, 0.1) is 0 Å². The summed E-state index contributed by atoms with van der Waals surface area (Å²) in [6.45, 7) is 1.95. The molecule has 1 amide bonds. The van der Waals surface area contributed by atoms with Gasteiger partial charge in [0, 0.05) is 22.1 Å². The number of carbonyl (C=O) groups excluding carboxylic acids is 2. The van der Waals surface area contributed by atoms with E-state index in [1.807, 2.05) is 36.4 Å². The van der Waals surface area contributed by atoms with Gasteiger partial charge in [-0.3, -0.25) is 14.9 Å². The van der Waals surface area contributed by atoms with Crippen molar-refractivity contribution >= 4 is 50.6 Å². The van der Waals surface area contributed by atoms with Crippen molar-refractivity contribution < 1.29 is 14.3 Å². The Labute approximate surface area is 194 Å². The number of nitrogens with one attached hydrogen (secondary N) is 2. The van der Waals surface area contributed by atoms with E-state index in [9.17, 15) is 9.59 Å². The summed E-state index contributed by atoms with van der Waals surface area (Å²) in [7, 11) is 0. The van der Waals surface area contributed by atoms with Crippen molar-refractivity contribution in [1.29, 1.82) is 0 Å². The highest BCUT2D eigenvalue weighted by Crippen LogP contribution is 2.23. The lowest BCUT2D eigenvalue weighted by Gasteiger charge is -2.14. The van der Waals surface area contributed by atoms with Crippen LogP contribution in [0.25, 0.3) is 0 Å². The molecule has 3 aromatic rings. The number of hydrogen-bond acceptors (Lipinski definition) is 4. The number of hydrogen-bond donors (Lipinski definition) is 2. The molecule has 0 radical (unpaired) electrons. The maximum Gasteiger partial charge on any atom is 0.261 e. The Bertz CT molecular complexity index is 1090. The second-order valence-corrected chi connectivity index (χ2v) is 8.09. The summed E-state index contributed by atoms with van der Waals surface area (Å²) in [5, 5.41) is 5.76. The number of ketones is 1. The first-order valence-corrected chi connectivity index (χ1v) is 10.8. The summed E-state index contributed by atoms with van der Waals surface area (Å²) in [5.41, 5.74) is 2.81. The second kappa shape index (κ2) is 10.8.